The van der Waals surface area contributed by atoms with Crippen LogP contribution in [0.25, 0.3) is 0 Å². The second-order valence-corrected chi connectivity index (χ2v) is 4.68. The van der Waals surface area contributed by atoms with E-state index in [4.69, 9.17) is 0 Å². The Kier molecular flexibility index (Phi) is 3.23. The molecule has 0 aliphatic heterocycles. The van der Waals surface area contributed by atoms with E-state index >= 15 is 0 Å². The van der Waals surface area contributed by atoms with Crippen LogP contribution in [-0.4, -0.2) is 18.0 Å². The average molecular weight is 181 g/mol. The predicted molar refractivity (Wildman–Crippen MR) is 55.2 cm³/mol. The molecule has 2 nitrogen and oxygen atoms in total. The zero-order valence-electron chi connectivity index (χ0n) is 8.89. The number of aliphatic imine (C=N–C) groups is 1. The number of carbonyl (C=O) groups excluding carboxylic acids is 1. The minimum absolute atomic E-state index is 0.141. The fraction of sp³-hybridized carbons (Fsp3) is 0.818. The number of hydrogen-bond donors (Lipinski definition) is 0. The van der Waals surface area contributed by atoms with Gasteiger partial charge in [-0.3, -0.25) is 9.79 Å². The average Bonchev–Trinajstić information content (AvgIpc) is 1.97. The highest BCUT2D eigenvalue weighted by atomic mass is 16.1. The summed E-state index contributed by atoms with van der Waals surface area (Å²) >= 11 is 0. The third kappa shape index (κ3) is 3.29. The van der Waals surface area contributed by atoms with Gasteiger partial charge in [-0.15, -0.1) is 0 Å². The van der Waals surface area contributed by atoms with Gasteiger partial charge in [0.15, 0.2) is 0 Å². The van der Waals surface area contributed by atoms with Crippen LogP contribution in [0.3, 0.4) is 0 Å². The summed E-state index contributed by atoms with van der Waals surface area (Å²) in [5.74, 6) is 0.353. The first-order valence-corrected chi connectivity index (χ1v) is 5.07. The molecule has 0 unspecified atom stereocenters. The molecule has 0 saturated heterocycles. The summed E-state index contributed by atoms with van der Waals surface area (Å²) in [6.07, 6.45) is 3.39. The highest BCUT2D eigenvalue weighted by molar-refractivity contribution is 6.04. The van der Waals surface area contributed by atoms with Gasteiger partial charge in [0.1, 0.15) is 5.78 Å². The SMILES string of the molecule is CCCN=C1CC(=O)CC(C)(C)C1. The van der Waals surface area contributed by atoms with E-state index in [1.807, 2.05) is 0 Å². The maximum absolute atomic E-state index is 11.4. The molecule has 74 valence electrons. The molecule has 0 bridgehead atoms. The Bertz CT molecular complexity index is 228. The molecule has 1 aliphatic carbocycles. The number of nitrogens with zero attached hydrogens (tertiary/aromatic N) is 1. The molecule has 1 aliphatic rings. The Labute approximate surface area is 80.4 Å². The topological polar surface area (TPSA) is 29.4 Å². The van der Waals surface area contributed by atoms with Crippen LogP contribution in [0.4, 0.5) is 0 Å². The molecular weight excluding hydrogens is 162 g/mol. The van der Waals surface area contributed by atoms with Crippen molar-refractivity contribution >= 4 is 11.5 Å². The van der Waals surface area contributed by atoms with E-state index in [9.17, 15) is 4.79 Å². The minimum atomic E-state index is 0.141. The lowest BCUT2D eigenvalue weighted by molar-refractivity contribution is -0.120. The summed E-state index contributed by atoms with van der Waals surface area (Å²) < 4.78 is 0. The van der Waals surface area contributed by atoms with Gasteiger partial charge >= 0.3 is 0 Å². The lowest BCUT2D eigenvalue weighted by atomic mass is 9.76. The van der Waals surface area contributed by atoms with Crippen LogP contribution in [-0.2, 0) is 4.79 Å². The number of rotatable bonds is 2. The zero-order valence-corrected chi connectivity index (χ0v) is 8.89. The monoisotopic (exact) mass is 181 g/mol. The van der Waals surface area contributed by atoms with E-state index < -0.39 is 0 Å². The van der Waals surface area contributed by atoms with Gasteiger partial charge in [0.05, 0.1) is 0 Å². The smallest absolute Gasteiger partial charge is 0.139 e. The highest BCUT2D eigenvalue weighted by Gasteiger charge is 2.29. The van der Waals surface area contributed by atoms with Crippen molar-refractivity contribution in [3.05, 3.63) is 0 Å². The summed E-state index contributed by atoms with van der Waals surface area (Å²) in [6.45, 7) is 7.27. The molecule has 1 fully saturated rings. The summed E-state index contributed by atoms with van der Waals surface area (Å²) in [5.41, 5.74) is 1.25. The molecule has 13 heavy (non-hydrogen) atoms. The van der Waals surface area contributed by atoms with Crippen LogP contribution in [0.2, 0.25) is 0 Å². The first-order chi connectivity index (χ1) is 6.03. The van der Waals surface area contributed by atoms with Crippen molar-refractivity contribution in [1.82, 2.24) is 0 Å². The molecule has 0 aromatic rings. The van der Waals surface area contributed by atoms with Gasteiger partial charge in [0.2, 0.25) is 0 Å². The molecule has 0 atom stereocenters. The molecule has 0 N–H and O–H groups in total. The van der Waals surface area contributed by atoms with Crippen molar-refractivity contribution in [3.63, 3.8) is 0 Å². The van der Waals surface area contributed by atoms with Crippen LogP contribution in [0.15, 0.2) is 4.99 Å². The Morgan fingerprint density at radius 3 is 2.62 bits per heavy atom. The fourth-order valence-electron chi connectivity index (χ4n) is 1.88. The quantitative estimate of drug-likeness (QED) is 0.644. The van der Waals surface area contributed by atoms with Crippen LogP contribution in [0.1, 0.15) is 46.5 Å². The minimum Gasteiger partial charge on any atom is -0.299 e. The van der Waals surface area contributed by atoms with Crippen molar-refractivity contribution in [2.24, 2.45) is 10.4 Å². The first kappa shape index (κ1) is 10.4. The summed E-state index contributed by atoms with van der Waals surface area (Å²) in [4.78, 5) is 15.8. The first-order valence-electron chi connectivity index (χ1n) is 5.07. The van der Waals surface area contributed by atoms with Crippen LogP contribution in [0.5, 0.6) is 0 Å². The maximum atomic E-state index is 11.4. The van der Waals surface area contributed by atoms with Crippen molar-refractivity contribution in [2.75, 3.05) is 6.54 Å². The second-order valence-electron chi connectivity index (χ2n) is 4.68. The Balaban J connectivity index is 2.62. The lowest BCUT2D eigenvalue weighted by Gasteiger charge is -2.29. The van der Waals surface area contributed by atoms with Crippen molar-refractivity contribution in [2.45, 2.75) is 46.5 Å². The van der Waals surface area contributed by atoms with Crippen LogP contribution < -0.4 is 0 Å². The number of carbonyl (C=O) groups is 1. The fourth-order valence-corrected chi connectivity index (χ4v) is 1.88. The molecule has 0 radical (unpaired) electrons. The molecule has 0 aromatic carbocycles. The van der Waals surface area contributed by atoms with E-state index in [0.717, 1.165) is 31.5 Å². The number of Topliss-reactive ketones (excluding diaryl/α,β-unsaturated/α-hetero) is 1. The Hall–Kier alpha value is -0.660. The van der Waals surface area contributed by atoms with Gasteiger partial charge < -0.3 is 0 Å². The van der Waals surface area contributed by atoms with Gasteiger partial charge in [-0.25, -0.2) is 0 Å². The molecule has 0 spiro atoms. The number of ketones is 1. The maximum Gasteiger partial charge on any atom is 0.139 e. The van der Waals surface area contributed by atoms with E-state index in [1.54, 1.807) is 0 Å². The molecule has 2 heteroatoms. The Morgan fingerprint density at radius 2 is 2.08 bits per heavy atom. The van der Waals surface area contributed by atoms with E-state index in [-0.39, 0.29) is 5.41 Å². The summed E-state index contributed by atoms with van der Waals surface area (Å²) in [6, 6.07) is 0. The highest BCUT2D eigenvalue weighted by Crippen LogP contribution is 2.31. The van der Waals surface area contributed by atoms with Crippen molar-refractivity contribution < 1.29 is 4.79 Å². The predicted octanol–water partition coefficient (Wildman–Crippen LogP) is 2.62. The zero-order chi connectivity index (χ0) is 9.90. The molecule has 0 heterocycles. The van der Waals surface area contributed by atoms with E-state index in [0.29, 0.717) is 12.2 Å². The Morgan fingerprint density at radius 1 is 1.38 bits per heavy atom. The molecular formula is C11H19NO. The summed E-state index contributed by atoms with van der Waals surface area (Å²) in [7, 11) is 0. The van der Waals surface area contributed by atoms with Crippen molar-refractivity contribution in [1.29, 1.82) is 0 Å². The third-order valence-electron chi connectivity index (χ3n) is 2.32. The van der Waals surface area contributed by atoms with Gasteiger partial charge in [-0.05, 0) is 18.3 Å². The molecule has 0 aromatic heterocycles. The van der Waals surface area contributed by atoms with Crippen LogP contribution in [0, 0.1) is 5.41 Å². The molecule has 1 rings (SSSR count). The van der Waals surface area contributed by atoms with Gasteiger partial charge in [-0.2, -0.15) is 0 Å². The normalized spacial score (nSPS) is 25.2. The van der Waals surface area contributed by atoms with Gasteiger partial charge in [-0.1, -0.05) is 20.8 Å². The van der Waals surface area contributed by atoms with Gasteiger partial charge in [0, 0.05) is 25.1 Å². The lowest BCUT2D eigenvalue weighted by Crippen LogP contribution is -2.29. The largest absolute Gasteiger partial charge is 0.299 e. The second kappa shape index (κ2) is 4.03. The van der Waals surface area contributed by atoms with E-state index in [2.05, 4.69) is 25.8 Å². The van der Waals surface area contributed by atoms with E-state index in [1.165, 1.54) is 0 Å². The molecule has 1 saturated carbocycles. The summed E-state index contributed by atoms with van der Waals surface area (Å²) in [5, 5.41) is 0. The number of hydrogen-bond acceptors (Lipinski definition) is 2. The molecule has 0 amide bonds. The van der Waals surface area contributed by atoms with Crippen LogP contribution >= 0.6 is 0 Å². The van der Waals surface area contributed by atoms with Gasteiger partial charge in [0.25, 0.3) is 0 Å². The van der Waals surface area contributed by atoms with Crippen molar-refractivity contribution in [3.8, 4) is 0 Å². The third-order valence-corrected chi connectivity index (χ3v) is 2.32. The standard InChI is InChI=1S/C11H19NO/c1-4-5-12-9-6-10(13)8-11(2,3)7-9/h4-8H2,1-3H3.